The standard InChI is InChI=1S/C12H22N2O5/c1-3-10(15)13-5-6-14(11(16)4-2)7-8-19-9-12(17)18/h3-9H2,1-2H3,(H,13,15)(H,17,18). The Labute approximate surface area is 112 Å². The van der Waals surface area contributed by atoms with Crippen molar-refractivity contribution in [2.45, 2.75) is 26.7 Å². The maximum atomic E-state index is 11.6. The molecule has 7 heteroatoms. The molecule has 0 aromatic carbocycles. The number of carbonyl (C=O) groups excluding carboxylic acids is 2. The van der Waals surface area contributed by atoms with Crippen molar-refractivity contribution < 1.29 is 24.2 Å². The number of carboxylic acids is 1. The Balaban J connectivity index is 3.99. The molecule has 0 rings (SSSR count). The lowest BCUT2D eigenvalue weighted by atomic mass is 10.3. The lowest BCUT2D eigenvalue weighted by Gasteiger charge is -2.22. The highest BCUT2D eigenvalue weighted by Crippen LogP contribution is 1.94. The SMILES string of the molecule is CCC(=O)NCCN(CCOCC(=O)O)C(=O)CC. The van der Waals surface area contributed by atoms with Crippen LogP contribution in [0.2, 0.25) is 0 Å². The molecule has 0 unspecified atom stereocenters. The van der Waals surface area contributed by atoms with E-state index in [0.29, 0.717) is 32.5 Å². The molecule has 0 saturated carbocycles. The summed E-state index contributed by atoms with van der Waals surface area (Å²) in [6.45, 7) is 4.40. The quantitative estimate of drug-likeness (QED) is 0.540. The van der Waals surface area contributed by atoms with Gasteiger partial charge < -0.3 is 20.1 Å². The summed E-state index contributed by atoms with van der Waals surface area (Å²) < 4.78 is 4.89. The molecule has 0 saturated heterocycles. The van der Waals surface area contributed by atoms with E-state index >= 15 is 0 Å². The molecule has 0 aromatic heterocycles. The first kappa shape index (κ1) is 17.4. The summed E-state index contributed by atoms with van der Waals surface area (Å²) in [5.74, 6) is -1.15. The van der Waals surface area contributed by atoms with Crippen LogP contribution < -0.4 is 5.32 Å². The first-order chi connectivity index (χ1) is 9.01. The van der Waals surface area contributed by atoms with Gasteiger partial charge in [-0.15, -0.1) is 0 Å². The molecule has 0 aliphatic rings. The molecule has 0 heterocycles. The van der Waals surface area contributed by atoms with E-state index in [1.165, 1.54) is 0 Å². The van der Waals surface area contributed by atoms with E-state index in [9.17, 15) is 14.4 Å². The lowest BCUT2D eigenvalue weighted by molar-refractivity contribution is -0.142. The fourth-order valence-electron chi connectivity index (χ4n) is 1.37. The van der Waals surface area contributed by atoms with Crippen LogP contribution in [-0.4, -0.2) is 60.6 Å². The fraction of sp³-hybridized carbons (Fsp3) is 0.750. The van der Waals surface area contributed by atoms with Crippen LogP contribution in [0.25, 0.3) is 0 Å². The van der Waals surface area contributed by atoms with Gasteiger partial charge in [-0.2, -0.15) is 0 Å². The zero-order valence-corrected chi connectivity index (χ0v) is 11.5. The number of carbonyl (C=O) groups is 3. The molecule has 0 spiro atoms. The van der Waals surface area contributed by atoms with E-state index in [1.807, 2.05) is 0 Å². The van der Waals surface area contributed by atoms with Crippen molar-refractivity contribution in [3.63, 3.8) is 0 Å². The van der Waals surface area contributed by atoms with Crippen molar-refractivity contribution in [3.8, 4) is 0 Å². The van der Waals surface area contributed by atoms with Gasteiger partial charge in [-0.25, -0.2) is 4.79 Å². The van der Waals surface area contributed by atoms with Crippen LogP contribution in [0.1, 0.15) is 26.7 Å². The predicted octanol–water partition coefficient (Wildman–Crippen LogP) is -0.148. The smallest absolute Gasteiger partial charge is 0.329 e. The average molecular weight is 274 g/mol. The van der Waals surface area contributed by atoms with Crippen molar-refractivity contribution in [3.05, 3.63) is 0 Å². The summed E-state index contributed by atoms with van der Waals surface area (Å²) >= 11 is 0. The minimum absolute atomic E-state index is 0.0512. The van der Waals surface area contributed by atoms with Crippen LogP contribution in [0.15, 0.2) is 0 Å². The molecule has 0 aromatic rings. The van der Waals surface area contributed by atoms with E-state index in [-0.39, 0.29) is 25.0 Å². The zero-order chi connectivity index (χ0) is 14.7. The predicted molar refractivity (Wildman–Crippen MR) is 68.6 cm³/mol. The first-order valence-electron chi connectivity index (χ1n) is 6.35. The number of carboxylic acid groups (broad SMARTS) is 1. The largest absolute Gasteiger partial charge is 0.480 e. The van der Waals surface area contributed by atoms with Crippen LogP contribution >= 0.6 is 0 Å². The number of amides is 2. The van der Waals surface area contributed by atoms with Gasteiger partial charge in [0.25, 0.3) is 0 Å². The first-order valence-corrected chi connectivity index (χ1v) is 6.35. The average Bonchev–Trinajstić information content (AvgIpc) is 2.39. The zero-order valence-electron chi connectivity index (χ0n) is 11.5. The molecule has 0 bridgehead atoms. The molecule has 2 N–H and O–H groups in total. The fourth-order valence-corrected chi connectivity index (χ4v) is 1.37. The van der Waals surface area contributed by atoms with Gasteiger partial charge in [0.2, 0.25) is 11.8 Å². The van der Waals surface area contributed by atoms with E-state index in [2.05, 4.69) is 5.32 Å². The van der Waals surface area contributed by atoms with Crippen molar-refractivity contribution in [1.29, 1.82) is 0 Å². The van der Waals surface area contributed by atoms with E-state index in [4.69, 9.17) is 9.84 Å². The second-order valence-electron chi connectivity index (χ2n) is 3.88. The number of hydrogen-bond donors (Lipinski definition) is 2. The van der Waals surface area contributed by atoms with Gasteiger partial charge >= 0.3 is 5.97 Å². The molecule has 0 aliphatic heterocycles. The monoisotopic (exact) mass is 274 g/mol. The number of aliphatic carboxylic acids is 1. The molecular weight excluding hydrogens is 252 g/mol. The minimum atomic E-state index is -1.04. The Morgan fingerprint density at radius 3 is 2.37 bits per heavy atom. The molecular formula is C12H22N2O5. The van der Waals surface area contributed by atoms with Crippen LogP contribution in [0.4, 0.5) is 0 Å². The van der Waals surface area contributed by atoms with Crippen molar-refractivity contribution in [1.82, 2.24) is 10.2 Å². The summed E-state index contributed by atoms with van der Waals surface area (Å²) in [6.07, 6.45) is 0.768. The Hall–Kier alpha value is -1.63. The van der Waals surface area contributed by atoms with Gasteiger partial charge in [0.05, 0.1) is 6.61 Å². The van der Waals surface area contributed by atoms with Crippen molar-refractivity contribution >= 4 is 17.8 Å². The third-order valence-corrected chi connectivity index (χ3v) is 2.41. The molecule has 2 amide bonds. The topological polar surface area (TPSA) is 95.9 Å². The van der Waals surface area contributed by atoms with E-state index < -0.39 is 5.97 Å². The highest BCUT2D eigenvalue weighted by molar-refractivity contribution is 5.76. The second kappa shape index (κ2) is 10.3. The molecule has 0 atom stereocenters. The van der Waals surface area contributed by atoms with E-state index in [1.54, 1.807) is 18.7 Å². The third-order valence-electron chi connectivity index (χ3n) is 2.41. The van der Waals surface area contributed by atoms with Crippen LogP contribution in [-0.2, 0) is 19.1 Å². The summed E-state index contributed by atoms with van der Waals surface area (Å²) in [7, 11) is 0. The third kappa shape index (κ3) is 9.01. The number of rotatable bonds is 10. The van der Waals surface area contributed by atoms with Crippen molar-refractivity contribution in [2.75, 3.05) is 32.8 Å². The maximum absolute atomic E-state index is 11.6. The molecule has 0 aliphatic carbocycles. The summed E-state index contributed by atoms with van der Waals surface area (Å²) in [4.78, 5) is 34.5. The van der Waals surface area contributed by atoms with Gasteiger partial charge in [-0.3, -0.25) is 9.59 Å². The Kier molecular flexibility index (Phi) is 9.42. The van der Waals surface area contributed by atoms with Crippen molar-refractivity contribution in [2.24, 2.45) is 0 Å². The highest BCUT2D eigenvalue weighted by Gasteiger charge is 2.11. The molecule has 110 valence electrons. The minimum Gasteiger partial charge on any atom is -0.480 e. The van der Waals surface area contributed by atoms with Gasteiger partial charge in [0.1, 0.15) is 6.61 Å². The normalized spacial score (nSPS) is 10.0. The van der Waals surface area contributed by atoms with Gasteiger partial charge in [-0.05, 0) is 0 Å². The lowest BCUT2D eigenvalue weighted by Crippen LogP contribution is -2.40. The van der Waals surface area contributed by atoms with Gasteiger partial charge in [-0.1, -0.05) is 13.8 Å². The van der Waals surface area contributed by atoms with Crippen LogP contribution in [0.5, 0.6) is 0 Å². The molecule has 0 radical (unpaired) electrons. The van der Waals surface area contributed by atoms with E-state index in [0.717, 1.165) is 0 Å². The Morgan fingerprint density at radius 2 is 1.84 bits per heavy atom. The molecule has 19 heavy (non-hydrogen) atoms. The number of nitrogens with zero attached hydrogens (tertiary/aromatic N) is 1. The summed E-state index contributed by atoms with van der Waals surface area (Å²) in [5.41, 5.74) is 0. The maximum Gasteiger partial charge on any atom is 0.329 e. The van der Waals surface area contributed by atoms with Crippen LogP contribution in [0, 0.1) is 0 Å². The Morgan fingerprint density at radius 1 is 1.16 bits per heavy atom. The highest BCUT2D eigenvalue weighted by atomic mass is 16.5. The number of nitrogens with one attached hydrogen (secondary N) is 1. The second-order valence-corrected chi connectivity index (χ2v) is 3.88. The Bertz CT molecular complexity index is 306. The van der Waals surface area contributed by atoms with Gasteiger partial charge in [0, 0.05) is 32.5 Å². The van der Waals surface area contributed by atoms with Gasteiger partial charge in [0.15, 0.2) is 0 Å². The molecule has 7 nitrogen and oxygen atoms in total. The van der Waals surface area contributed by atoms with Crippen LogP contribution in [0.3, 0.4) is 0 Å². The molecule has 0 fully saturated rings. The number of ether oxygens (including phenoxy) is 1. The summed E-state index contributed by atoms with van der Waals surface area (Å²) in [5, 5.41) is 11.1. The summed E-state index contributed by atoms with van der Waals surface area (Å²) in [6, 6.07) is 0. The number of hydrogen-bond acceptors (Lipinski definition) is 4.